The Balaban J connectivity index is 0.000000519. The van der Waals surface area contributed by atoms with Crippen LogP contribution < -0.4 is 9.80 Å². The molecule has 36 heavy (non-hydrogen) atoms. The van der Waals surface area contributed by atoms with Crippen molar-refractivity contribution in [3.8, 4) is 0 Å². The monoisotopic (exact) mass is 536 g/mol. The van der Waals surface area contributed by atoms with Crippen molar-refractivity contribution in [1.29, 1.82) is 0 Å². The molecule has 193 valence electrons. The molecule has 2 nitrogen and oxygen atoms in total. The van der Waals surface area contributed by atoms with Crippen LogP contribution in [0.3, 0.4) is 0 Å². The molecule has 0 amide bonds. The number of anilines is 2. The average molecular weight is 537 g/mol. The van der Waals surface area contributed by atoms with Crippen molar-refractivity contribution in [3.05, 3.63) is 96.7 Å². The van der Waals surface area contributed by atoms with Gasteiger partial charge in [0, 0.05) is 11.3 Å². The molecule has 0 unspecified atom stereocenters. The van der Waals surface area contributed by atoms with Crippen molar-refractivity contribution in [2.24, 2.45) is 10.8 Å². The van der Waals surface area contributed by atoms with Crippen LogP contribution in [0.5, 0.6) is 0 Å². The van der Waals surface area contributed by atoms with Gasteiger partial charge in [-0.3, -0.25) is 0 Å². The SMILES string of the molecule is C[C]1[C](C)[C](C(C)(C)C)[P][C]1C(C)(C)C.[CH2-]c1ccccc1N(C)C.[CH2-]c1ccccc1N(C)C.[Sc+3]. The molecule has 2 aromatic carbocycles. The molecule has 0 aliphatic carbocycles. The first-order valence-electron chi connectivity index (χ1n) is 12.3. The van der Waals surface area contributed by atoms with E-state index in [1.165, 1.54) is 31.8 Å². The Hall–Kier alpha value is -0.920. The van der Waals surface area contributed by atoms with Gasteiger partial charge in [0.05, 0.1) is 0 Å². The predicted molar refractivity (Wildman–Crippen MR) is 161 cm³/mol. The first-order valence-corrected chi connectivity index (χ1v) is 13.2. The van der Waals surface area contributed by atoms with E-state index in [0.717, 1.165) is 11.1 Å². The van der Waals surface area contributed by atoms with Crippen molar-refractivity contribution >= 4 is 20.0 Å². The number of nitrogens with zero attached hydrogens (tertiary/aromatic N) is 2. The van der Waals surface area contributed by atoms with Gasteiger partial charge in [-0.2, -0.15) is 37.1 Å². The normalized spacial score (nSPS) is 15.2. The molecule has 3 rings (SSSR count). The predicted octanol–water partition coefficient (Wildman–Crippen LogP) is 9.16. The summed E-state index contributed by atoms with van der Waals surface area (Å²) in [5.74, 6) is 3.04. The van der Waals surface area contributed by atoms with Gasteiger partial charge in [-0.25, -0.2) is 0 Å². The van der Waals surface area contributed by atoms with Gasteiger partial charge in [0.2, 0.25) is 0 Å². The molecule has 0 N–H and O–H groups in total. The summed E-state index contributed by atoms with van der Waals surface area (Å²) < 4.78 is 0. The zero-order valence-electron chi connectivity index (χ0n) is 25.0. The number of para-hydroxylation sites is 2. The van der Waals surface area contributed by atoms with Crippen molar-refractivity contribution < 1.29 is 25.8 Å². The van der Waals surface area contributed by atoms with E-state index in [-0.39, 0.29) is 25.8 Å². The molecule has 1 saturated heterocycles. The fourth-order valence-corrected chi connectivity index (χ4v) is 5.55. The van der Waals surface area contributed by atoms with Crippen LogP contribution in [0.25, 0.3) is 0 Å². The van der Waals surface area contributed by atoms with Crippen LogP contribution in [0, 0.1) is 47.8 Å². The maximum Gasteiger partial charge on any atom is 3.00 e. The third kappa shape index (κ3) is 10.4. The van der Waals surface area contributed by atoms with E-state index >= 15 is 0 Å². The maximum absolute atomic E-state index is 3.90. The van der Waals surface area contributed by atoms with Crippen molar-refractivity contribution in [1.82, 2.24) is 0 Å². The number of hydrogen-bond donors (Lipinski definition) is 0. The van der Waals surface area contributed by atoms with Gasteiger partial charge in [-0.1, -0.05) is 99.6 Å². The molecule has 2 aromatic rings. The van der Waals surface area contributed by atoms with Crippen LogP contribution in [0.2, 0.25) is 0 Å². The molecule has 0 atom stereocenters. The zero-order valence-corrected chi connectivity index (χ0v) is 27.6. The van der Waals surface area contributed by atoms with E-state index in [4.69, 9.17) is 0 Å². The van der Waals surface area contributed by atoms with Gasteiger partial charge in [0.1, 0.15) is 0 Å². The molecule has 0 spiro atoms. The molecule has 0 bridgehead atoms. The van der Waals surface area contributed by atoms with Crippen LogP contribution in [0.1, 0.15) is 66.5 Å². The first-order chi connectivity index (χ1) is 16.0. The minimum Gasteiger partial charge on any atom is -0.428 e. The molecule has 5 radical (unpaired) electrons. The topological polar surface area (TPSA) is 6.48 Å². The molecule has 1 fully saturated rings. The zero-order chi connectivity index (χ0) is 27.1. The maximum atomic E-state index is 3.90. The van der Waals surface area contributed by atoms with E-state index in [1.807, 2.05) is 64.6 Å². The van der Waals surface area contributed by atoms with Gasteiger partial charge >= 0.3 is 25.8 Å². The summed E-state index contributed by atoms with van der Waals surface area (Å²) >= 11 is 0. The molecule has 0 aromatic heterocycles. The van der Waals surface area contributed by atoms with Gasteiger partial charge in [-0.15, -0.1) is 12.1 Å². The quantitative estimate of drug-likeness (QED) is 0.279. The van der Waals surface area contributed by atoms with E-state index in [0.29, 0.717) is 10.8 Å². The summed E-state index contributed by atoms with van der Waals surface area (Å²) in [6.45, 7) is 26.3. The summed E-state index contributed by atoms with van der Waals surface area (Å²) in [6.07, 6.45) is 0. The smallest absolute Gasteiger partial charge is 0.428 e. The number of benzene rings is 2. The minimum absolute atomic E-state index is 0. The van der Waals surface area contributed by atoms with Crippen molar-refractivity contribution in [3.63, 3.8) is 0 Å². The van der Waals surface area contributed by atoms with Gasteiger partial charge in [0.15, 0.2) is 0 Å². The number of rotatable bonds is 2. The Morgan fingerprint density at radius 1 is 0.583 bits per heavy atom. The fraction of sp³-hybridized carbons (Fsp3) is 0.438. The minimum atomic E-state index is 0. The fourth-order valence-electron chi connectivity index (χ4n) is 3.99. The molecule has 4 heteroatoms. The average Bonchev–Trinajstić information content (AvgIpc) is 3.04. The second kappa shape index (κ2) is 14.9. The van der Waals surface area contributed by atoms with E-state index < -0.39 is 0 Å². The van der Waals surface area contributed by atoms with Crippen LogP contribution in [0.4, 0.5) is 11.4 Å². The summed E-state index contributed by atoms with van der Waals surface area (Å²) in [6, 6.07) is 16.2. The Labute approximate surface area is 245 Å². The first kappa shape index (κ1) is 35.1. The summed E-state index contributed by atoms with van der Waals surface area (Å²) in [5, 5.41) is 0. The second-order valence-corrected chi connectivity index (χ2v) is 12.7. The van der Waals surface area contributed by atoms with Gasteiger partial charge in [0.25, 0.3) is 0 Å². The Kier molecular flexibility index (Phi) is 14.5. The van der Waals surface area contributed by atoms with E-state index in [1.54, 1.807) is 11.3 Å². The van der Waals surface area contributed by atoms with Gasteiger partial charge in [-0.05, 0) is 50.9 Å². The Morgan fingerprint density at radius 3 is 1.03 bits per heavy atom. The molecular formula is C32H48N2PSc+. The molecular weight excluding hydrogens is 488 g/mol. The van der Waals surface area contributed by atoms with E-state index in [9.17, 15) is 0 Å². The summed E-state index contributed by atoms with van der Waals surface area (Å²) in [4.78, 5) is 4.12. The third-order valence-electron chi connectivity index (χ3n) is 5.86. The van der Waals surface area contributed by atoms with Crippen LogP contribution in [0.15, 0.2) is 48.5 Å². The summed E-state index contributed by atoms with van der Waals surface area (Å²) in [7, 11) is 9.53. The van der Waals surface area contributed by atoms with Crippen LogP contribution in [-0.2, 0) is 25.8 Å². The molecule has 1 heterocycles. The van der Waals surface area contributed by atoms with E-state index in [2.05, 4.69) is 91.2 Å². The molecule has 1 aliphatic heterocycles. The Morgan fingerprint density at radius 2 is 0.861 bits per heavy atom. The van der Waals surface area contributed by atoms with Crippen molar-refractivity contribution in [2.75, 3.05) is 38.0 Å². The van der Waals surface area contributed by atoms with Crippen LogP contribution in [-0.4, -0.2) is 28.2 Å². The summed E-state index contributed by atoms with van der Waals surface area (Å²) in [5.41, 5.74) is 8.33. The second-order valence-electron chi connectivity index (χ2n) is 11.6. The van der Waals surface area contributed by atoms with Gasteiger partial charge < -0.3 is 9.80 Å². The standard InChI is InChI=1S/C14H24P.2C9H12N.Sc/c1-9-10(2)12(14(6,7)8)15-11(9)13(3,4)5;2*1-8-6-4-5-7-9(8)10(2)3;/h1-8H3;2*4-7H,1H2,2-3H3;/q;2*-1;+3. The molecule has 0 saturated carbocycles. The Bertz CT molecular complexity index is 822. The largest absolute Gasteiger partial charge is 3.00 e. The van der Waals surface area contributed by atoms with Crippen LogP contribution >= 0.6 is 8.58 Å². The van der Waals surface area contributed by atoms with Crippen molar-refractivity contribution in [2.45, 2.75) is 55.4 Å². The third-order valence-corrected chi connectivity index (χ3v) is 8.32. The molecule has 1 aliphatic rings. The number of hydrogen-bond acceptors (Lipinski definition) is 2.